The number of carbonyl (C=O) groups excluding carboxylic acids is 1. The van der Waals surface area contributed by atoms with E-state index >= 15 is 0 Å². The van der Waals surface area contributed by atoms with Crippen LogP contribution in [0.15, 0.2) is 29.7 Å². The fourth-order valence-corrected chi connectivity index (χ4v) is 4.02. The summed E-state index contributed by atoms with van der Waals surface area (Å²) in [6.45, 7) is 0. The summed E-state index contributed by atoms with van der Waals surface area (Å²) in [7, 11) is 0. The number of nitrogens with one attached hydrogen (secondary N) is 1. The predicted molar refractivity (Wildman–Crippen MR) is 92.6 cm³/mol. The van der Waals surface area contributed by atoms with Crippen LogP contribution in [-0.2, 0) is 4.79 Å². The van der Waals surface area contributed by atoms with Crippen LogP contribution in [0, 0.1) is 0 Å². The van der Waals surface area contributed by atoms with Crippen LogP contribution in [0.1, 0.15) is 44.6 Å². The summed E-state index contributed by atoms with van der Waals surface area (Å²) in [6.07, 6.45) is 10.5. The highest BCUT2D eigenvalue weighted by Crippen LogP contribution is 2.40. The Labute approximate surface area is 145 Å². The third-order valence-electron chi connectivity index (χ3n) is 4.57. The molecule has 0 spiro atoms. The Bertz CT molecular complexity index is 707. The van der Waals surface area contributed by atoms with Crippen molar-refractivity contribution >= 4 is 17.7 Å². The molecule has 0 atom stereocenters. The first-order chi connectivity index (χ1) is 11.8. The van der Waals surface area contributed by atoms with Gasteiger partial charge in [-0.25, -0.2) is 0 Å². The number of hydrogen-bond donors (Lipinski definition) is 1. The zero-order valence-corrected chi connectivity index (χ0v) is 14.3. The van der Waals surface area contributed by atoms with Crippen LogP contribution in [0.2, 0.25) is 0 Å². The number of thioether (sulfide) groups is 1. The minimum atomic E-state index is 0.0997. The number of carbonyl (C=O) groups is 1. The maximum atomic E-state index is 12.1. The molecule has 2 fully saturated rings. The van der Waals surface area contributed by atoms with E-state index in [0.717, 1.165) is 42.2 Å². The van der Waals surface area contributed by atoms with Crippen LogP contribution >= 0.6 is 11.8 Å². The number of pyridine rings is 1. The molecular weight excluding hydrogens is 322 g/mol. The first kappa shape index (κ1) is 15.6. The first-order valence-electron chi connectivity index (χ1n) is 8.59. The van der Waals surface area contributed by atoms with Crippen LogP contribution in [0.4, 0.5) is 0 Å². The molecule has 2 aromatic heterocycles. The second kappa shape index (κ2) is 6.93. The monoisotopic (exact) mass is 343 g/mol. The first-order valence-corrected chi connectivity index (χ1v) is 9.57. The van der Waals surface area contributed by atoms with E-state index in [-0.39, 0.29) is 5.91 Å². The molecule has 0 aliphatic heterocycles. The van der Waals surface area contributed by atoms with Gasteiger partial charge in [0.05, 0.1) is 5.75 Å². The number of nitrogens with zero attached hydrogens (tertiary/aromatic N) is 4. The molecule has 2 aliphatic carbocycles. The Hall–Kier alpha value is -1.89. The Morgan fingerprint density at radius 2 is 1.92 bits per heavy atom. The second-order valence-corrected chi connectivity index (χ2v) is 7.42. The Morgan fingerprint density at radius 3 is 2.62 bits per heavy atom. The average molecular weight is 343 g/mol. The number of hydrogen-bond acceptors (Lipinski definition) is 5. The van der Waals surface area contributed by atoms with Crippen molar-refractivity contribution in [2.75, 3.05) is 5.75 Å². The summed E-state index contributed by atoms with van der Waals surface area (Å²) in [6, 6.07) is 4.73. The van der Waals surface area contributed by atoms with Gasteiger partial charge in [-0.15, -0.1) is 10.2 Å². The lowest BCUT2D eigenvalue weighted by Crippen LogP contribution is -2.33. The minimum absolute atomic E-state index is 0.0997. The van der Waals surface area contributed by atoms with Gasteiger partial charge in [-0.2, -0.15) is 0 Å². The molecule has 2 saturated carbocycles. The van der Waals surface area contributed by atoms with Crippen molar-refractivity contribution in [3.8, 4) is 11.4 Å². The molecule has 126 valence electrons. The van der Waals surface area contributed by atoms with E-state index in [4.69, 9.17) is 0 Å². The van der Waals surface area contributed by atoms with Crippen molar-refractivity contribution in [2.24, 2.45) is 0 Å². The summed E-state index contributed by atoms with van der Waals surface area (Å²) in [5.41, 5.74) is 1.02. The predicted octanol–water partition coefficient (Wildman–Crippen LogP) is 2.83. The zero-order valence-electron chi connectivity index (χ0n) is 13.5. The SMILES string of the molecule is O=C(CSc1nnc(-c2ccncc2)n1C1CC1)NC1CCCC1. The number of rotatable bonds is 6. The van der Waals surface area contributed by atoms with Gasteiger partial charge in [0, 0.05) is 30.0 Å². The summed E-state index contributed by atoms with van der Waals surface area (Å²) in [4.78, 5) is 16.2. The molecule has 1 amide bonds. The zero-order chi connectivity index (χ0) is 16.4. The van der Waals surface area contributed by atoms with Crippen molar-refractivity contribution in [3.63, 3.8) is 0 Å². The number of amides is 1. The molecule has 0 radical (unpaired) electrons. The quantitative estimate of drug-likeness (QED) is 0.817. The van der Waals surface area contributed by atoms with Gasteiger partial charge in [0.25, 0.3) is 0 Å². The molecule has 4 rings (SSSR count). The van der Waals surface area contributed by atoms with E-state index in [2.05, 4.69) is 25.1 Å². The molecule has 0 bridgehead atoms. The van der Waals surface area contributed by atoms with Crippen LogP contribution < -0.4 is 5.32 Å². The third kappa shape index (κ3) is 3.45. The summed E-state index contributed by atoms with van der Waals surface area (Å²) in [5.74, 6) is 1.37. The molecule has 1 N–H and O–H groups in total. The fourth-order valence-electron chi connectivity index (χ4n) is 3.20. The highest BCUT2D eigenvalue weighted by Gasteiger charge is 2.30. The maximum Gasteiger partial charge on any atom is 0.230 e. The lowest BCUT2D eigenvalue weighted by atomic mass is 10.2. The van der Waals surface area contributed by atoms with Gasteiger partial charge in [0.2, 0.25) is 5.91 Å². The van der Waals surface area contributed by atoms with Crippen molar-refractivity contribution in [1.82, 2.24) is 25.1 Å². The highest BCUT2D eigenvalue weighted by atomic mass is 32.2. The summed E-state index contributed by atoms with van der Waals surface area (Å²) < 4.78 is 2.18. The van der Waals surface area contributed by atoms with Crippen molar-refractivity contribution in [1.29, 1.82) is 0 Å². The third-order valence-corrected chi connectivity index (χ3v) is 5.51. The lowest BCUT2D eigenvalue weighted by Gasteiger charge is -2.12. The molecule has 0 unspecified atom stereocenters. The van der Waals surface area contributed by atoms with Gasteiger partial charge in [0.15, 0.2) is 11.0 Å². The van der Waals surface area contributed by atoms with Gasteiger partial charge >= 0.3 is 0 Å². The molecule has 7 heteroatoms. The van der Waals surface area contributed by atoms with Gasteiger partial charge in [-0.1, -0.05) is 24.6 Å². The van der Waals surface area contributed by atoms with Crippen LogP contribution in [-0.4, -0.2) is 37.5 Å². The lowest BCUT2D eigenvalue weighted by molar-refractivity contribution is -0.119. The van der Waals surface area contributed by atoms with E-state index < -0.39 is 0 Å². The molecule has 2 aromatic rings. The summed E-state index contributed by atoms with van der Waals surface area (Å²) >= 11 is 1.48. The second-order valence-electron chi connectivity index (χ2n) is 6.48. The normalized spacial score (nSPS) is 18.0. The van der Waals surface area contributed by atoms with Gasteiger partial charge in [-0.3, -0.25) is 14.3 Å². The molecular formula is C17H21N5OS. The van der Waals surface area contributed by atoms with Gasteiger partial charge in [-0.05, 0) is 37.8 Å². The standard InChI is InChI=1S/C17H21N5OS/c23-15(19-13-3-1-2-4-13)11-24-17-21-20-16(22(17)14-5-6-14)12-7-9-18-10-8-12/h7-10,13-14H,1-6,11H2,(H,19,23). The minimum Gasteiger partial charge on any atom is -0.353 e. The Balaban J connectivity index is 1.45. The maximum absolute atomic E-state index is 12.1. The van der Waals surface area contributed by atoms with E-state index in [0.29, 0.717) is 17.8 Å². The Morgan fingerprint density at radius 1 is 1.17 bits per heavy atom. The molecule has 0 aromatic carbocycles. The molecule has 0 saturated heterocycles. The van der Waals surface area contributed by atoms with Gasteiger partial charge in [0.1, 0.15) is 0 Å². The highest BCUT2D eigenvalue weighted by molar-refractivity contribution is 7.99. The van der Waals surface area contributed by atoms with E-state index in [1.54, 1.807) is 12.4 Å². The summed E-state index contributed by atoms with van der Waals surface area (Å²) in [5, 5.41) is 12.7. The molecule has 2 aliphatic rings. The van der Waals surface area contributed by atoms with Crippen molar-refractivity contribution in [2.45, 2.75) is 55.8 Å². The molecule has 2 heterocycles. The van der Waals surface area contributed by atoms with Crippen molar-refractivity contribution in [3.05, 3.63) is 24.5 Å². The molecule has 24 heavy (non-hydrogen) atoms. The van der Waals surface area contributed by atoms with Crippen LogP contribution in [0.25, 0.3) is 11.4 Å². The van der Waals surface area contributed by atoms with Crippen LogP contribution in [0.5, 0.6) is 0 Å². The molecule has 6 nitrogen and oxygen atoms in total. The van der Waals surface area contributed by atoms with Crippen molar-refractivity contribution < 1.29 is 4.79 Å². The van der Waals surface area contributed by atoms with Crippen LogP contribution in [0.3, 0.4) is 0 Å². The van der Waals surface area contributed by atoms with E-state index in [9.17, 15) is 4.79 Å². The van der Waals surface area contributed by atoms with Gasteiger partial charge < -0.3 is 5.32 Å². The van der Waals surface area contributed by atoms with E-state index in [1.807, 2.05) is 12.1 Å². The fraction of sp³-hybridized carbons (Fsp3) is 0.529. The number of aromatic nitrogens is 4. The Kier molecular flexibility index (Phi) is 4.51. The topological polar surface area (TPSA) is 72.7 Å². The van der Waals surface area contributed by atoms with E-state index in [1.165, 1.54) is 24.6 Å². The largest absolute Gasteiger partial charge is 0.353 e. The smallest absolute Gasteiger partial charge is 0.230 e. The average Bonchev–Trinajstić information content (AvgIpc) is 3.15.